The van der Waals surface area contributed by atoms with Gasteiger partial charge in [0.2, 0.25) is 17.7 Å². The summed E-state index contributed by atoms with van der Waals surface area (Å²) in [4.78, 5) is 39.3. The van der Waals surface area contributed by atoms with Gasteiger partial charge in [-0.05, 0) is 25.9 Å². The molecule has 0 saturated carbocycles. The van der Waals surface area contributed by atoms with E-state index in [1.54, 1.807) is 0 Å². The van der Waals surface area contributed by atoms with Gasteiger partial charge in [0.25, 0.3) is 0 Å². The van der Waals surface area contributed by atoms with E-state index in [2.05, 4.69) is 5.32 Å². The number of amides is 3. The lowest BCUT2D eigenvalue weighted by Crippen LogP contribution is -2.49. The SMILES string of the molecule is O=C1CC(N2CCC(C(=O)N3CCOCC3)CC2)C(=O)N1. The van der Waals surface area contributed by atoms with Gasteiger partial charge in [-0.25, -0.2) is 0 Å². The standard InChI is InChI=1S/C14H21N3O4/c18-12-9-11(13(19)15-12)16-3-1-10(2-4-16)14(20)17-5-7-21-8-6-17/h10-11H,1-9H2,(H,15,18,19). The summed E-state index contributed by atoms with van der Waals surface area (Å²) in [6, 6.07) is -0.336. The molecule has 0 bridgehead atoms. The van der Waals surface area contributed by atoms with Crippen LogP contribution in [-0.2, 0) is 19.1 Å². The second-order valence-corrected chi connectivity index (χ2v) is 5.88. The summed E-state index contributed by atoms with van der Waals surface area (Å²) in [5, 5.41) is 2.34. The van der Waals surface area contributed by atoms with Gasteiger partial charge in [0.05, 0.1) is 25.7 Å². The molecule has 0 radical (unpaired) electrons. The molecule has 0 aromatic rings. The molecule has 0 spiro atoms. The van der Waals surface area contributed by atoms with Crippen LogP contribution in [-0.4, -0.2) is 73.0 Å². The molecule has 3 heterocycles. The van der Waals surface area contributed by atoms with Crippen LogP contribution in [0.3, 0.4) is 0 Å². The summed E-state index contributed by atoms with van der Waals surface area (Å²) in [5.41, 5.74) is 0. The minimum atomic E-state index is -0.336. The van der Waals surface area contributed by atoms with Crippen molar-refractivity contribution in [1.82, 2.24) is 15.1 Å². The second kappa shape index (κ2) is 6.11. The number of carbonyl (C=O) groups excluding carboxylic acids is 3. The van der Waals surface area contributed by atoms with Crippen LogP contribution in [0, 0.1) is 5.92 Å². The van der Waals surface area contributed by atoms with E-state index in [0.29, 0.717) is 39.4 Å². The van der Waals surface area contributed by atoms with E-state index in [1.807, 2.05) is 9.80 Å². The third-order valence-corrected chi connectivity index (χ3v) is 4.59. The van der Waals surface area contributed by atoms with Gasteiger partial charge < -0.3 is 9.64 Å². The van der Waals surface area contributed by atoms with E-state index in [1.165, 1.54) is 0 Å². The van der Waals surface area contributed by atoms with E-state index in [4.69, 9.17) is 4.74 Å². The molecule has 1 N–H and O–H groups in total. The minimum Gasteiger partial charge on any atom is -0.378 e. The first kappa shape index (κ1) is 14.5. The van der Waals surface area contributed by atoms with Crippen LogP contribution in [0.5, 0.6) is 0 Å². The van der Waals surface area contributed by atoms with Gasteiger partial charge in [-0.2, -0.15) is 0 Å². The molecule has 3 fully saturated rings. The first-order valence-electron chi connectivity index (χ1n) is 7.59. The molecule has 3 amide bonds. The van der Waals surface area contributed by atoms with Crippen molar-refractivity contribution >= 4 is 17.7 Å². The van der Waals surface area contributed by atoms with Crippen LogP contribution in [0.4, 0.5) is 0 Å². The molecular weight excluding hydrogens is 274 g/mol. The normalized spacial score (nSPS) is 28.8. The predicted molar refractivity (Wildman–Crippen MR) is 73.3 cm³/mol. The average molecular weight is 295 g/mol. The zero-order valence-corrected chi connectivity index (χ0v) is 12.0. The Morgan fingerprint density at radius 1 is 1.10 bits per heavy atom. The first-order valence-corrected chi connectivity index (χ1v) is 7.59. The monoisotopic (exact) mass is 295 g/mol. The van der Waals surface area contributed by atoms with E-state index in [9.17, 15) is 14.4 Å². The lowest BCUT2D eigenvalue weighted by atomic mass is 9.94. The van der Waals surface area contributed by atoms with Crippen molar-refractivity contribution in [2.45, 2.75) is 25.3 Å². The molecule has 0 aliphatic carbocycles. The van der Waals surface area contributed by atoms with Crippen LogP contribution in [0.25, 0.3) is 0 Å². The molecule has 0 aromatic carbocycles. The smallest absolute Gasteiger partial charge is 0.244 e. The number of morpholine rings is 1. The third kappa shape index (κ3) is 3.08. The number of carbonyl (C=O) groups is 3. The molecule has 116 valence electrons. The number of imide groups is 1. The summed E-state index contributed by atoms with van der Waals surface area (Å²) in [7, 11) is 0. The van der Waals surface area contributed by atoms with Gasteiger partial charge in [0.1, 0.15) is 0 Å². The quantitative estimate of drug-likeness (QED) is 0.659. The fourth-order valence-electron chi connectivity index (χ4n) is 3.33. The summed E-state index contributed by atoms with van der Waals surface area (Å²) >= 11 is 0. The summed E-state index contributed by atoms with van der Waals surface area (Å²) in [6.07, 6.45) is 1.77. The number of ether oxygens (including phenoxy) is 1. The fourth-order valence-corrected chi connectivity index (χ4v) is 3.33. The maximum atomic E-state index is 12.4. The highest BCUT2D eigenvalue weighted by molar-refractivity contribution is 6.05. The molecule has 3 rings (SSSR count). The number of rotatable bonds is 2. The summed E-state index contributed by atoms with van der Waals surface area (Å²) in [6.45, 7) is 4.00. The number of nitrogens with zero attached hydrogens (tertiary/aromatic N) is 2. The molecule has 0 aromatic heterocycles. The Morgan fingerprint density at radius 2 is 1.76 bits per heavy atom. The molecule has 1 unspecified atom stereocenters. The Balaban J connectivity index is 1.51. The van der Waals surface area contributed by atoms with Crippen LogP contribution < -0.4 is 5.32 Å². The Hall–Kier alpha value is -1.47. The predicted octanol–water partition coefficient (Wildman–Crippen LogP) is -1.03. The first-order chi connectivity index (χ1) is 10.1. The highest BCUT2D eigenvalue weighted by Crippen LogP contribution is 2.23. The maximum Gasteiger partial charge on any atom is 0.244 e. The highest BCUT2D eigenvalue weighted by Gasteiger charge is 2.38. The topological polar surface area (TPSA) is 79.0 Å². The van der Waals surface area contributed by atoms with Crippen molar-refractivity contribution in [2.75, 3.05) is 39.4 Å². The Labute approximate surface area is 123 Å². The summed E-state index contributed by atoms with van der Waals surface area (Å²) in [5.74, 6) is -0.140. The van der Waals surface area contributed by atoms with Crippen molar-refractivity contribution < 1.29 is 19.1 Å². The maximum absolute atomic E-state index is 12.4. The largest absolute Gasteiger partial charge is 0.378 e. The summed E-state index contributed by atoms with van der Waals surface area (Å²) < 4.78 is 5.27. The van der Waals surface area contributed by atoms with Crippen molar-refractivity contribution in [3.05, 3.63) is 0 Å². The molecule has 7 heteroatoms. The number of likely N-dealkylation sites (tertiary alicyclic amines) is 1. The average Bonchev–Trinajstić information content (AvgIpc) is 2.86. The number of hydrogen-bond acceptors (Lipinski definition) is 5. The van der Waals surface area contributed by atoms with Crippen LogP contribution in [0.1, 0.15) is 19.3 Å². The molecular formula is C14H21N3O4. The zero-order valence-electron chi connectivity index (χ0n) is 12.0. The van der Waals surface area contributed by atoms with E-state index in [0.717, 1.165) is 12.8 Å². The number of hydrogen-bond donors (Lipinski definition) is 1. The van der Waals surface area contributed by atoms with E-state index < -0.39 is 0 Å². The lowest BCUT2D eigenvalue weighted by Gasteiger charge is -2.36. The van der Waals surface area contributed by atoms with E-state index in [-0.39, 0.29) is 36.1 Å². The van der Waals surface area contributed by atoms with Gasteiger partial charge >= 0.3 is 0 Å². The second-order valence-electron chi connectivity index (χ2n) is 5.88. The van der Waals surface area contributed by atoms with Crippen LogP contribution >= 0.6 is 0 Å². The molecule has 3 aliphatic heterocycles. The molecule has 21 heavy (non-hydrogen) atoms. The Bertz CT molecular complexity index is 440. The molecule has 7 nitrogen and oxygen atoms in total. The van der Waals surface area contributed by atoms with Crippen molar-refractivity contribution in [2.24, 2.45) is 5.92 Å². The van der Waals surface area contributed by atoms with Gasteiger partial charge in [-0.3, -0.25) is 24.6 Å². The minimum absolute atomic E-state index is 0.0412. The number of piperidine rings is 1. The molecule has 3 saturated heterocycles. The number of nitrogens with one attached hydrogen (secondary N) is 1. The van der Waals surface area contributed by atoms with Gasteiger partial charge in [0.15, 0.2) is 0 Å². The van der Waals surface area contributed by atoms with Gasteiger partial charge in [-0.1, -0.05) is 0 Å². The lowest BCUT2D eigenvalue weighted by molar-refractivity contribution is -0.141. The zero-order chi connectivity index (χ0) is 14.8. The Morgan fingerprint density at radius 3 is 2.33 bits per heavy atom. The Kier molecular flexibility index (Phi) is 4.21. The van der Waals surface area contributed by atoms with Crippen LogP contribution in [0.15, 0.2) is 0 Å². The highest BCUT2D eigenvalue weighted by atomic mass is 16.5. The van der Waals surface area contributed by atoms with Gasteiger partial charge in [-0.15, -0.1) is 0 Å². The molecule has 3 aliphatic rings. The van der Waals surface area contributed by atoms with Crippen molar-refractivity contribution in [3.63, 3.8) is 0 Å². The van der Waals surface area contributed by atoms with Gasteiger partial charge in [0, 0.05) is 19.0 Å². The fraction of sp³-hybridized carbons (Fsp3) is 0.786. The van der Waals surface area contributed by atoms with Crippen LogP contribution in [0.2, 0.25) is 0 Å². The van der Waals surface area contributed by atoms with Crippen molar-refractivity contribution in [1.29, 1.82) is 0 Å². The molecule has 1 atom stereocenters. The van der Waals surface area contributed by atoms with Crippen molar-refractivity contribution in [3.8, 4) is 0 Å². The third-order valence-electron chi connectivity index (χ3n) is 4.59. The van der Waals surface area contributed by atoms with E-state index >= 15 is 0 Å².